The lowest BCUT2D eigenvalue weighted by Crippen LogP contribution is -2.29. The predicted molar refractivity (Wildman–Crippen MR) is 249 cm³/mol. The fourth-order valence-corrected chi connectivity index (χ4v) is 10.3. The van der Waals surface area contributed by atoms with Crippen LogP contribution < -0.4 is 16.2 Å². The van der Waals surface area contributed by atoms with Crippen molar-refractivity contribution in [3.05, 3.63) is 197 Å². The topological polar surface area (TPSA) is 36.1 Å². The number of aryl methyl sites for hydroxylation is 1. The highest BCUT2D eigenvalue weighted by molar-refractivity contribution is 7.25. The van der Waals surface area contributed by atoms with Gasteiger partial charge in [0.1, 0.15) is 0 Å². The molecule has 0 saturated carbocycles. The highest BCUT2D eigenvalue weighted by Gasteiger charge is 2.20. The Balaban J connectivity index is 1.16. The molecule has 0 amide bonds. The van der Waals surface area contributed by atoms with E-state index in [9.17, 15) is 0 Å². The van der Waals surface area contributed by atoms with Gasteiger partial charge in [-0.25, -0.2) is 0 Å². The van der Waals surface area contributed by atoms with Gasteiger partial charge in [0.25, 0.3) is 0 Å². The van der Waals surface area contributed by atoms with Crippen LogP contribution >= 0.6 is 22.7 Å². The SMILES string of the molecule is C/C=C\C=C(/C)NN/C(=C\C(NC)c1cc(C2=Cc3sc4ccccc4c3CC2)cc(-c2ccc3c(c2)sc2ccccc23)c1)c1ccc(-c2ccccc2)cc1. The third kappa shape index (κ3) is 7.62. The van der Waals surface area contributed by atoms with Crippen molar-refractivity contribution in [3.8, 4) is 22.3 Å². The molecule has 1 atom stereocenters. The molecule has 0 bridgehead atoms. The van der Waals surface area contributed by atoms with Crippen LogP contribution in [0.1, 0.15) is 53.4 Å². The fourth-order valence-electron chi connectivity index (χ4n) is 7.94. The largest absolute Gasteiger partial charge is 0.310 e. The van der Waals surface area contributed by atoms with Gasteiger partial charge < -0.3 is 16.2 Å². The second kappa shape index (κ2) is 16.2. The van der Waals surface area contributed by atoms with Crippen molar-refractivity contribution >= 4 is 70.3 Å². The van der Waals surface area contributed by atoms with E-state index in [1.807, 2.05) is 41.7 Å². The van der Waals surface area contributed by atoms with Crippen LogP contribution in [0.25, 0.3) is 69.9 Å². The molecule has 1 aliphatic carbocycles. The third-order valence-electron chi connectivity index (χ3n) is 11.0. The number of nitrogens with one attached hydrogen (secondary N) is 3. The van der Waals surface area contributed by atoms with Gasteiger partial charge in [0.15, 0.2) is 0 Å². The van der Waals surface area contributed by atoms with E-state index in [-0.39, 0.29) is 6.04 Å². The molecule has 1 aliphatic rings. The number of thiophene rings is 2. The van der Waals surface area contributed by atoms with Crippen molar-refractivity contribution in [2.45, 2.75) is 32.7 Å². The Morgan fingerprint density at radius 1 is 0.614 bits per heavy atom. The number of rotatable bonds is 11. The summed E-state index contributed by atoms with van der Waals surface area (Å²) in [5, 5.41) is 7.73. The Hall–Kier alpha value is -5.98. The summed E-state index contributed by atoms with van der Waals surface area (Å²) in [6.45, 7) is 4.10. The van der Waals surface area contributed by atoms with Gasteiger partial charge in [0, 0.05) is 35.4 Å². The average molecular weight is 776 g/mol. The number of hydrazine groups is 1. The first-order chi connectivity index (χ1) is 28.0. The van der Waals surface area contributed by atoms with Crippen LogP contribution in [0.3, 0.4) is 0 Å². The highest BCUT2D eigenvalue weighted by Crippen LogP contribution is 2.42. The lowest BCUT2D eigenvalue weighted by Gasteiger charge is -2.22. The smallest absolute Gasteiger partial charge is 0.0591 e. The quantitative estimate of drug-likeness (QED) is 0.0905. The van der Waals surface area contributed by atoms with Crippen LogP contribution in [0.2, 0.25) is 0 Å². The van der Waals surface area contributed by atoms with Gasteiger partial charge in [-0.1, -0.05) is 115 Å². The molecule has 1 unspecified atom stereocenters. The maximum absolute atomic E-state index is 3.68. The highest BCUT2D eigenvalue weighted by atomic mass is 32.1. The summed E-state index contributed by atoms with van der Waals surface area (Å²) in [4.78, 5) is 1.39. The van der Waals surface area contributed by atoms with E-state index in [1.165, 1.54) is 79.7 Å². The minimum Gasteiger partial charge on any atom is -0.310 e. The molecule has 0 saturated heterocycles. The van der Waals surface area contributed by atoms with Gasteiger partial charge in [-0.2, -0.15) is 0 Å². The van der Waals surface area contributed by atoms with Gasteiger partial charge in [0.05, 0.1) is 11.7 Å². The summed E-state index contributed by atoms with van der Waals surface area (Å²) in [6, 6.07) is 51.1. The predicted octanol–water partition coefficient (Wildman–Crippen LogP) is 14.0. The molecule has 280 valence electrons. The molecule has 57 heavy (non-hydrogen) atoms. The molecule has 5 heteroatoms. The van der Waals surface area contributed by atoms with Crippen molar-refractivity contribution in [1.82, 2.24) is 16.2 Å². The lowest BCUT2D eigenvalue weighted by atomic mass is 9.87. The van der Waals surface area contributed by atoms with Gasteiger partial charge in [-0.05, 0) is 144 Å². The van der Waals surface area contributed by atoms with Gasteiger partial charge in [-0.15, -0.1) is 22.7 Å². The summed E-state index contributed by atoms with van der Waals surface area (Å²) in [5.41, 5.74) is 20.4. The summed E-state index contributed by atoms with van der Waals surface area (Å²) in [6.07, 6.45) is 13.0. The van der Waals surface area contributed by atoms with E-state index in [0.29, 0.717) is 0 Å². The first-order valence-electron chi connectivity index (χ1n) is 19.7. The monoisotopic (exact) mass is 775 g/mol. The molecule has 2 heterocycles. The number of likely N-dealkylation sites (N-methyl/N-ethyl adjacent to an activating group) is 1. The van der Waals surface area contributed by atoms with E-state index in [2.05, 4.69) is 188 Å². The Labute approximate surface area is 343 Å². The average Bonchev–Trinajstić information content (AvgIpc) is 3.83. The summed E-state index contributed by atoms with van der Waals surface area (Å²) in [5.74, 6) is 0. The number of hydrogen-bond donors (Lipinski definition) is 3. The van der Waals surface area contributed by atoms with Crippen molar-refractivity contribution in [2.24, 2.45) is 0 Å². The number of hydrogen-bond acceptors (Lipinski definition) is 5. The standard InChI is InChI=1S/C52H45N3S2/c1-4-5-13-34(2)54-55-48(37-22-20-36(21-23-37)35-14-7-6-8-15-35)33-47(53-3)42-29-40(38-24-26-45-43-16-9-11-18-49(43)56-51(45)31-38)28-41(30-42)39-25-27-46-44-17-10-12-19-50(44)57-52(46)32-39/h4-24,26,28-33,47,53-55H,25,27H2,1-3H3/b5-4-,34-13+,48-33-. The first-order valence-corrected chi connectivity index (χ1v) is 21.3. The maximum Gasteiger partial charge on any atom is 0.0591 e. The number of fused-ring (bicyclic) bond motifs is 6. The van der Waals surface area contributed by atoms with Crippen molar-refractivity contribution in [3.63, 3.8) is 0 Å². The number of allylic oxidation sites excluding steroid dienone is 5. The van der Waals surface area contributed by atoms with Crippen molar-refractivity contribution in [2.75, 3.05) is 7.05 Å². The summed E-state index contributed by atoms with van der Waals surface area (Å²) < 4.78 is 4.01. The van der Waals surface area contributed by atoms with Crippen LogP contribution in [-0.2, 0) is 6.42 Å². The molecule has 0 radical (unpaired) electrons. The Morgan fingerprint density at radius 3 is 2.09 bits per heavy atom. The van der Waals surface area contributed by atoms with E-state index in [0.717, 1.165) is 29.8 Å². The fraction of sp³-hybridized carbons (Fsp3) is 0.115. The van der Waals surface area contributed by atoms with E-state index < -0.39 is 0 Å². The van der Waals surface area contributed by atoms with E-state index in [1.54, 1.807) is 0 Å². The number of benzene rings is 6. The van der Waals surface area contributed by atoms with Crippen LogP contribution in [0.5, 0.6) is 0 Å². The molecule has 3 N–H and O–H groups in total. The molecule has 0 spiro atoms. The minimum atomic E-state index is -0.0845. The van der Waals surface area contributed by atoms with Crippen molar-refractivity contribution in [1.29, 1.82) is 0 Å². The zero-order valence-corrected chi connectivity index (χ0v) is 34.1. The molecule has 0 fully saturated rings. The van der Waals surface area contributed by atoms with Crippen LogP contribution in [-0.4, -0.2) is 7.05 Å². The van der Waals surface area contributed by atoms with Crippen LogP contribution in [0, 0.1) is 0 Å². The van der Waals surface area contributed by atoms with E-state index in [4.69, 9.17) is 0 Å². The Bertz CT molecular complexity index is 2850. The lowest BCUT2D eigenvalue weighted by molar-refractivity contribution is 0.697. The maximum atomic E-state index is 3.68. The molecule has 0 aliphatic heterocycles. The molecule has 9 rings (SSSR count). The minimum absolute atomic E-state index is 0.0845. The molecular weight excluding hydrogens is 731 g/mol. The molecular formula is C52H45N3S2. The van der Waals surface area contributed by atoms with Crippen LogP contribution in [0.15, 0.2) is 170 Å². The zero-order chi connectivity index (χ0) is 38.7. The normalized spacial score (nSPS) is 14.0. The molecule has 2 aromatic heterocycles. The zero-order valence-electron chi connectivity index (χ0n) is 32.5. The van der Waals surface area contributed by atoms with E-state index >= 15 is 0 Å². The molecule has 8 aromatic rings. The summed E-state index contributed by atoms with van der Waals surface area (Å²) in [7, 11) is 2.06. The molecule has 3 nitrogen and oxygen atoms in total. The second-order valence-electron chi connectivity index (χ2n) is 14.7. The van der Waals surface area contributed by atoms with Gasteiger partial charge in [-0.3, -0.25) is 0 Å². The van der Waals surface area contributed by atoms with Crippen LogP contribution in [0.4, 0.5) is 0 Å². The van der Waals surface area contributed by atoms with Crippen molar-refractivity contribution < 1.29 is 0 Å². The Kier molecular flexibility index (Phi) is 10.4. The summed E-state index contributed by atoms with van der Waals surface area (Å²) >= 11 is 3.79. The first kappa shape index (κ1) is 36.6. The van der Waals surface area contributed by atoms with Gasteiger partial charge in [0.2, 0.25) is 0 Å². The van der Waals surface area contributed by atoms with Gasteiger partial charge >= 0.3 is 0 Å². The molecule has 6 aromatic carbocycles. The third-order valence-corrected chi connectivity index (χ3v) is 13.3. The second-order valence-corrected chi connectivity index (χ2v) is 16.8. The Morgan fingerprint density at radius 2 is 1.30 bits per heavy atom.